The second-order valence-corrected chi connectivity index (χ2v) is 6.87. The summed E-state index contributed by atoms with van der Waals surface area (Å²) in [6.07, 6.45) is -0.127. The summed E-state index contributed by atoms with van der Waals surface area (Å²) in [5.41, 5.74) is -0.637. The molecule has 23 heavy (non-hydrogen) atoms. The highest BCUT2D eigenvalue weighted by Crippen LogP contribution is 2.28. The molecular weight excluding hydrogens is 341 g/mol. The van der Waals surface area contributed by atoms with Crippen molar-refractivity contribution < 1.29 is 18.7 Å². The van der Waals surface area contributed by atoms with Crippen molar-refractivity contribution in [2.45, 2.75) is 18.9 Å². The number of halogens is 2. The maximum absolute atomic E-state index is 13.5. The van der Waals surface area contributed by atoms with Gasteiger partial charge in [-0.05, 0) is 36.8 Å². The lowest BCUT2D eigenvalue weighted by atomic mass is 9.88. The molecule has 0 aliphatic heterocycles. The summed E-state index contributed by atoms with van der Waals surface area (Å²) in [4.78, 5) is 24.5. The summed E-state index contributed by atoms with van der Waals surface area (Å²) in [6, 6.07) is 8.95. The third-order valence-corrected chi connectivity index (χ3v) is 4.60. The lowest BCUT2D eigenvalue weighted by molar-refractivity contribution is -0.142. The number of nitrogens with one attached hydrogen (secondary N) is 1. The van der Waals surface area contributed by atoms with Gasteiger partial charge < -0.3 is 10.1 Å². The molecule has 7 heteroatoms. The molecule has 1 N–H and O–H groups in total. The molecular formula is C16H15ClFNO3S. The van der Waals surface area contributed by atoms with Crippen LogP contribution in [0.2, 0.25) is 4.34 Å². The third kappa shape index (κ3) is 4.30. The van der Waals surface area contributed by atoms with Crippen molar-refractivity contribution in [3.8, 4) is 0 Å². The van der Waals surface area contributed by atoms with Crippen molar-refractivity contribution in [1.82, 2.24) is 5.32 Å². The number of esters is 1. The maximum Gasteiger partial charge on any atom is 0.308 e. The van der Waals surface area contributed by atoms with Gasteiger partial charge in [0.1, 0.15) is 5.82 Å². The van der Waals surface area contributed by atoms with E-state index in [1.807, 2.05) is 0 Å². The van der Waals surface area contributed by atoms with Gasteiger partial charge in [0.15, 0.2) is 0 Å². The zero-order valence-electron chi connectivity index (χ0n) is 12.6. The Balaban J connectivity index is 2.33. The zero-order valence-corrected chi connectivity index (χ0v) is 14.1. The molecule has 0 radical (unpaired) electrons. The van der Waals surface area contributed by atoms with Crippen molar-refractivity contribution in [3.05, 3.63) is 57.0 Å². The number of thiophene rings is 1. The van der Waals surface area contributed by atoms with Gasteiger partial charge in [-0.15, -0.1) is 11.3 Å². The molecule has 1 atom stereocenters. The van der Waals surface area contributed by atoms with Gasteiger partial charge >= 0.3 is 5.97 Å². The smallest absolute Gasteiger partial charge is 0.308 e. The fourth-order valence-corrected chi connectivity index (χ4v) is 3.10. The topological polar surface area (TPSA) is 55.4 Å². The van der Waals surface area contributed by atoms with E-state index >= 15 is 0 Å². The van der Waals surface area contributed by atoms with Crippen LogP contribution in [0.15, 0.2) is 36.4 Å². The van der Waals surface area contributed by atoms with E-state index < -0.39 is 23.2 Å². The minimum absolute atomic E-state index is 0.127. The van der Waals surface area contributed by atoms with Gasteiger partial charge in [0, 0.05) is 0 Å². The molecule has 2 rings (SSSR count). The van der Waals surface area contributed by atoms with E-state index in [9.17, 15) is 14.0 Å². The average Bonchev–Trinajstić information content (AvgIpc) is 2.93. The van der Waals surface area contributed by atoms with Crippen molar-refractivity contribution in [1.29, 1.82) is 0 Å². The zero-order chi connectivity index (χ0) is 17.0. The first-order valence-corrected chi connectivity index (χ1v) is 7.94. The molecule has 0 unspecified atom stereocenters. The van der Waals surface area contributed by atoms with E-state index in [2.05, 4.69) is 10.1 Å². The standard InChI is InChI=1S/C16H15ClFNO3S/c1-16(9-14(20)22-2,10-4-3-5-11(18)8-10)19-15(21)12-6-7-13(17)23-12/h3-8H,9H2,1-2H3,(H,19,21)/t16-/m1/s1. The fraction of sp³-hybridized carbons (Fsp3) is 0.250. The van der Waals surface area contributed by atoms with E-state index in [-0.39, 0.29) is 6.42 Å². The Labute approximate surface area is 142 Å². The fourth-order valence-electron chi connectivity index (χ4n) is 2.16. The minimum Gasteiger partial charge on any atom is -0.469 e. The van der Waals surface area contributed by atoms with Crippen molar-refractivity contribution in [3.63, 3.8) is 0 Å². The summed E-state index contributed by atoms with van der Waals surface area (Å²) in [5.74, 6) is -1.36. The van der Waals surface area contributed by atoms with Crippen LogP contribution < -0.4 is 5.32 Å². The van der Waals surface area contributed by atoms with Gasteiger partial charge in [-0.1, -0.05) is 23.7 Å². The highest BCUT2D eigenvalue weighted by molar-refractivity contribution is 7.18. The van der Waals surface area contributed by atoms with Crippen LogP contribution in [0.4, 0.5) is 4.39 Å². The maximum atomic E-state index is 13.5. The summed E-state index contributed by atoms with van der Waals surface area (Å²) < 4.78 is 18.7. The molecule has 4 nitrogen and oxygen atoms in total. The van der Waals surface area contributed by atoms with E-state index in [0.29, 0.717) is 14.8 Å². The molecule has 0 aliphatic carbocycles. The highest BCUT2D eigenvalue weighted by Gasteiger charge is 2.33. The van der Waals surface area contributed by atoms with Crippen LogP contribution in [-0.2, 0) is 15.1 Å². The number of benzene rings is 1. The van der Waals surface area contributed by atoms with Crippen LogP contribution >= 0.6 is 22.9 Å². The van der Waals surface area contributed by atoms with Crippen LogP contribution in [-0.4, -0.2) is 19.0 Å². The average molecular weight is 356 g/mol. The number of carbonyl (C=O) groups is 2. The van der Waals surface area contributed by atoms with Crippen LogP contribution in [0.5, 0.6) is 0 Å². The SMILES string of the molecule is COC(=O)C[C@@](C)(NC(=O)c1ccc(Cl)s1)c1cccc(F)c1. The van der Waals surface area contributed by atoms with Crippen LogP contribution in [0.3, 0.4) is 0 Å². The van der Waals surface area contributed by atoms with Crippen molar-refractivity contribution >= 4 is 34.8 Å². The molecule has 122 valence electrons. The lowest BCUT2D eigenvalue weighted by Gasteiger charge is -2.30. The van der Waals surface area contributed by atoms with Crippen molar-refractivity contribution in [2.75, 3.05) is 7.11 Å². The van der Waals surface area contributed by atoms with Crippen LogP contribution in [0, 0.1) is 5.82 Å². The molecule has 0 fully saturated rings. The molecule has 1 amide bonds. The van der Waals surface area contributed by atoms with E-state index in [4.69, 9.17) is 11.6 Å². The van der Waals surface area contributed by atoms with E-state index in [0.717, 1.165) is 11.3 Å². The van der Waals surface area contributed by atoms with Gasteiger partial charge in [0.05, 0.1) is 28.3 Å². The van der Waals surface area contributed by atoms with E-state index in [1.54, 1.807) is 25.1 Å². The Morgan fingerprint density at radius 3 is 2.65 bits per heavy atom. The summed E-state index contributed by atoms with van der Waals surface area (Å²) in [7, 11) is 1.26. The highest BCUT2D eigenvalue weighted by atomic mass is 35.5. The largest absolute Gasteiger partial charge is 0.469 e. The Morgan fingerprint density at radius 2 is 2.09 bits per heavy atom. The van der Waals surface area contributed by atoms with Gasteiger partial charge in [0.2, 0.25) is 0 Å². The van der Waals surface area contributed by atoms with Crippen molar-refractivity contribution in [2.24, 2.45) is 0 Å². The Hall–Kier alpha value is -1.92. The quantitative estimate of drug-likeness (QED) is 0.831. The number of rotatable bonds is 5. The molecule has 0 bridgehead atoms. The second kappa shape index (κ2) is 7.10. The Morgan fingerprint density at radius 1 is 1.35 bits per heavy atom. The number of amides is 1. The first-order valence-electron chi connectivity index (χ1n) is 6.75. The first-order chi connectivity index (χ1) is 10.8. The summed E-state index contributed by atoms with van der Waals surface area (Å²) >= 11 is 6.96. The molecule has 0 aliphatic rings. The predicted molar refractivity (Wildman–Crippen MR) is 87.2 cm³/mol. The predicted octanol–water partition coefficient (Wildman–Crippen LogP) is 3.75. The molecule has 0 saturated carbocycles. The molecule has 1 aromatic carbocycles. The number of hydrogen-bond acceptors (Lipinski definition) is 4. The van der Waals surface area contributed by atoms with Gasteiger partial charge in [-0.3, -0.25) is 9.59 Å². The summed E-state index contributed by atoms with van der Waals surface area (Å²) in [6.45, 7) is 1.64. The number of hydrogen-bond donors (Lipinski definition) is 1. The monoisotopic (exact) mass is 355 g/mol. The normalized spacial score (nSPS) is 13.2. The summed E-state index contributed by atoms with van der Waals surface area (Å²) in [5, 5.41) is 2.78. The lowest BCUT2D eigenvalue weighted by Crippen LogP contribution is -2.45. The van der Waals surface area contributed by atoms with Gasteiger partial charge in [-0.25, -0.2) is 4.39 Å². The minimum atomic E-state index is -1.11. The second-order valence-electron chi connectivity index (χ2n) is 5.15. The van der Waals surface area contributed by atoms with Crippen LogP contribution in [0.1, 0.15) is 28.6 Å². The molecule has 1 aromatic heterocycles. The van der Waals surface area contributed by atoms with E-state index in [1.165, 1.54) is 25.3 Å². The number of methoxy groups -OCH3 is 1. The van der Waals surface area contributed by atoms with Gasteiger partial charge in [-0.2, -0.15) is 0 Å². The Kier molecular flexibility index (Phi) is 5.38. The molecule has 0 saturated heterocycles. The number of ether oxygens (including phenoxy) is 1. The molecule has 1 heterocycles. The van der Waals surface area contributed by atoms with Crippen LogP contribution in [0.25, 0.3) is 0 Å². The Bertz CT molecular complexity index is 734. The molecule has 2 aromatic rings. The third-order valence-electron chi connectivity index (χ3n) is 3.37. The molecule has 0 spiro atoms. The number of carbonyl (C=O) groups excluding carboxylic acids is 2. The first kappa shape index (κ1) is 17.4. The van der Waals surface area contributed by atoms with Gasteiger partial charge in [0.25, 0.3) is 5.91 Å².